The van der Waals surface area contributed by atoms with Gasteiger partial charge in [-0.15, -0.1) is 0 Å². The highest BCUT2D eigenvalue weighted by Gasteiger charge is 2.12. The zero-order chi connectivity index (χ0) is 13.1. The summed E-state index contributed by atoms with van der Waals surface area (Å²) in [5.41, 5.74) is 5.95. The Balaban J connectivity index is 2.24. The summed E-state index contributed by atoms with van der Waals surface area (Å²) in [5, 5.41) is 17.7. The lowest BCUT2D eigenvalue weighted by Gasteiger charge is -2.12. The van der Waals surface area contributed by atoms with Crippen LogP contribution < -0.4 is 5.73 Å². The first-order valence-electron chi connectivity index (χ1n) is 5.13. The molecule has 0 aliphatic heterocycles. The van der Waals surface area contributed by atoms with Gasteiger partial charge in [0.25, 0.3) is 0 Å². The molecule has 0 saturated heterocycles. The van der Waals surface area contributed by atoms with Crippen molar-refractivity contribution in [2.45, 2.75) is 12.8 Å². The van der Waals surface area contributed by atoms with Gasteiger partial charge in [-0.3, -0.25) is 4.57 Å². The second-order valence-electron chi connectivity index (χ2n) is 3.55. The van der Waals surface area contributed by atoms with Gasteiger partial charge in [-0.1, -0.05) is 0 Å². The van der Waals surface area contributed by atoms with E-state index in [-0.39, 0.29) is 36.9 Å². The van der Waals surface area contributed by atoms with E-state index in [1.165, 1.54) is 10.9 Å². The summed E-state index contributed by atoms with van der Waals surface area (Å²) in [4.78, 5) is 10.8. The maximum absolute atomic E-state index is 13.0. The Morgan fingerprint density at radius 3 is 2.78 bits per heavy atom. The number of nitrogen functional groups attached to an aromatic ring is 1. The van der Waals surface area contributed by atoms with E-state index in [9.17, 15) is 4.39 Å². The first-order chi connectivity index (χ1) is 8.65. The Hall–Kier alpha value is -1.84. The van der Waals surface area contributed by atoms with E-state index < -0.39 is 12.2 Å². The van der Waals surface area contributed by atoms with Crippen LogP contribution in [0.25, 0.3) is 11.2 Å². The van der Waals surface area contributed by atoms with E-state index in [1.807, 2.05) is 0 Å². The zero-order valence-corrected chi connectivity index (χ0v) is 9.32. The number of fused-ring (bicyclic) bond motifs is 1. The fraction of sp³-hybridized carbons (Fsp3) is 0.444. The first-order valence-corrected chi connectivity index (χ1v) is 5.13. The van der Waals surface area contributed by atoms with Crippen LogP contribution in [-0.2, 0) is 11.5 Å². The minimum atomic E-state index is -0.956. The number of nitrogens with two attached hydrogens (primary N) is 1. The number of hydrogen-bond acceptors (Lipinski definition) is 7. The maximum Gasteiger partial charge on any atom is 0.312 e. The summed E-state index contributed by atoms with van der Waals surface area (Å²) in [7, 11) is 0. The van der Waals surface area contributed by atoms with Crippen LogP contribution in [-0.4, -0.2) is 49.0 Å². The number of aliphatic hydroxyl groups is 2. The lowest BCUT2D eigenvalue weighted by Crippen LogP contribution is -2.23. The number of halogens is 1. The summed E-state index contributed by atoms with van der Waals surface area (Å²) in [6.07, 6.45) is -0.310. The van der Waals surface area contributed by atoms with Gasteiger partial charge in [-0.05, 0) is 0 Å². The molecule has 0 amide bonds. The van der Waals surface area contributed by atoms with Gasteiger partial charge >= 0.3 is 6.08 Å². The molecule has 98 valence electrons. The predicted octanol–water partition coefficient (Wildman–Crippen LogP) is -1.13. The highest BCUT2D eigenvalue weighted by atomic mass is 19.1. The highest BCUT2D eigenvalue weighted by molar-refractivity contribution is 5.81. The van der Waals surface area contributed by atoms with E-state index in [2.05, 4.69) is 15.0 Å². The van der Waals surface area contributed by atoms with Crippen LogP contribution in [0.5, 0.6) is 0 Å². The van der Waals surface area contributed by atoms with Crippen molar-refractivity contribution in [3.63, 3.8) is 0 Å². The average Bonchev–Trinajstić information content (AvgIpc) is 2.74. The number of imidazole rings is 1. The second kappa shape index (κ2) is 5.21. The third-order valence-electron chi connectivity index (χ3n) is 2.32. The molecule has 0 fully saturated rings. The molecule has 0 aromatic carbocycles. The molecule has 0 aliphatic rings. The molecule has 18 heavy (non-hydrogen) atoms. The zero-order valence-electron chi connectivity index (χ0n) is 9.32. The molecule has 0 saturated carbocycles. The van der Waals surface area contributed by atoms with Crippen LogP contribution in [0.2, 0.25) is 0 Å². The van der Waals surface area contributed by atoms with E-state index >= 15 is 0 Å². The van der Waals surface area contributed by atoms with Crippen molar-refractivity contribution in [1.82, 2.24) is 19.5 Å². The number of ether oxygens (including phenoxy) is 1. The molecule has 0 spiro atoms. The quantitative estimate of drug-likeness (QED) is 0.580. The molecule has 0 radical (unpaired) electrons. The topological polar surface area (TPSA) is 119 Å². The third-order valence-corrected chi connectivity index (χ3v) is 2.32. The SMILES string of the molecule is Nc1nc(F)nc2c1ncn2COC(CO)CO. The van der Waals surface area contributed by atoms with Crippen LogP contribution in [0.3, 0.4) is 0 Å². The number of rotatable bonds is 5. The third kappa shape index (κ3) is 2.37. The van der Waals surface area contributed by atoms with Gasteiger partial charge in [0, 0.05) is 0 Å². The Kier molecular flexibility index (Phi) is 3.65. The summed E-state index contributed by atoms with van der Waals surface area (Å²) < 4.78 is 19.6. The van der Waals surface area contributed by atoms with E-state index in [1.54, 1.807) is 0 Å². The lowest BCUT2D eigenvalue weighted by atomic mass is 10.4. The summed E-state index contributed by atoms with van der Waals surface area (Å²) in [6, 6.07) is 0. The number of aliphatic hydroxyl groups excluding tert-OH is 2. The molecule has 4 N–H and O–H groups in total. The molecule has 2 heterocycles. The second-order valence-corrected chi connectivity index (χ2v) is 3.55. The maximum atomic E-state index is 13.0. The lowest BCUT2D eigenvalue weighted by molar-refractivity contribution is -0.0488. The Morgan fingerprint density at radius 2 is 2.11 bits per heavy atom. The van der Waals surface area contributed by atoms with Gasteiger partial charge < -0.3 is 20.7 Å². The van der Waals surface area contributed by atoms with Crippen LogP contribution in [0.15, 0.2) is 6.33 Å². The number of nitrogens with zero attached hydrogens (tertiary/aromatic N) is 4. The van der Waals surface area contributed by atoms with Crippen molar-refractivity contribution in [2.75, 3.05) is 18.9 Å². The van der Waals surface area contributed by atoms with Crippen LogP contribution in [0.1, 0.15) is 0 Å². The largest absolute Gasteiger partial charge is 0.394 e. The molecule has 0 bridgehead atoms. The monoisotopic (exact) mass is 257 g/mol. The first kappa shape index (κ1) is 12.6. The van der Waals surface area contributed by atoms with E-state index in [4.69, 9.17) is 20.7 Å². The minimum Gasteiger partial charge on any atom is -0.394 e. The van der Waals surface area contributed by atoms with Crippen LogP contribution >= 0.6 is 0 Å². The highest BCUT2D eigenvalue weighted by Crippen LogP contribution is 2.15. The van der Waals surface area contributed by atoms with Crippen molar-refractivity contribution < 1.29 is 19.3 Å². The Bertz CT molecular complexity index is 542. The van der Waals surface area contributed by atoms with Crippen molar-refractivity contribution in [2.24, 2.45) is 0 Å². The van der Waals surface area contributed by atoms with Gasteiger partial charge in [0.05, 0.1) is 19.5 Å². The van der Waals surface area contributed by atoms with Crippen molar-refractivity contribution >= 4 is 17.0 Å². The number of aromatic nitrogens is 4. The summed E-state index contributed by atoms with van der Waals surface area (Å²) in [6.45, 7) is -0.693. The van der Waals surface area contributed by atoms with Crippen molar-refractivity contribution in [3.05, 3.63) is 12.4 Å². The molecular weight excluding hydrogens is 245 g/mol. The molecule has 0 unspecified atom stereocenters. The summed E-state index contributed by atoms with van der Waals surface area (Å²) >= 11 is 0. The molecule has 9 heteroatoms. The predicted molar refractivity (Wildman–Crippen MR) is 58.7 cm³/mol. The van der Waals surface area contributed by atoms with Gasteiger partial charge in [-0.2, -0.15) is 14.4 Å². The number of hydrogen-bond donors (Lipinski definition) is 3. The number of anilines is 1. The van der Waals surface area contributed by atoms with Gasteiger partial charge in [0.2, 0.25) is 0 Å². The van der Waals surface area contributed by atoms with Crippen molar-refractivity contribution in [1.29, 1.82) is 0 Å². The molecule has 0 aliphatic carbocycles. The molecule has 2 rings (SSSR count). The smallest absolute Gasteiger partial charge is 0.312 e. The van der Waals surface area contributed by atoms with Gasteiger partial charge in [-0.25, -0.2) is 4.98 Å². The van der Waals surface area contributed by atoms with Crippen LogP contribution in [0.4, 0.5) is 10.2 Å². The Labute approximate surface area is 101 Å². The van der Waals surface area contributed by atoms with Crippen LogP contribution in [0, 0.1) is 6.08 Å². The summed E-state index contributed by atoms with van der Waals surface area (Å²) in [5.74, 6) is -0.0582. The van der Waals surface area contributed by atoms with E-state index in [0.29, 0.717) is 0 Å². The average molecular weight is 257 g/mol. The fourth-order valence-electron chi connectivity index (χ4n) is 1.38. The molecular formula is C9H12FN5O3. The molecule has 0 atom stereocenters. The molecule has 2 aromatic rings. The molecule has 2 aromatic heterocycles. The normalized spacial score (nSPS) is 11.6. The standard InChI is InChI=1S/C9H12FN5O3/c10-9-13-7(11)6-8(14-9)15(3-12-6)4-18-5(1-16)2-17/h3,5,16-17H,1-2,4H2,(H2,11,13,14). The van der Waals surface area contributed by atoms with Gasteiger partial charge in [0.15, 0.2) is 17.0 Å². The fourth-order valence-corrected chi connectivity index (χ4v) is 1.38. The van der Waals surface area contributed by atoms with Crippen molar-refractivity contribution in [3.8, 4) is 0 Å². The minimum absolute atomic E-state index is 0.0435. The molecule has 8 nitrogen and oxygen atoms in total. The van der Waals surface area contributed by atoms with Gasteiger partial charge in [0.1, 0.15) is 12.8 Å². The van der Waals surface area contributed by atoms with E-state index in [0.717, 1.165) is 0 Å². The Morgan fingerprint density at radius 1 is 1.39 bits per heavy atom.